The summed E-state index contributed by atoms with van der Waals surface area (Å²) in [5.41, 5.74) is 4.63. The number of nitrogens with one attached hydrogen (secondary N) is 1. The molecule has 2 N–H and O–H groups in total. The van der Waals surface area contributed by atoms with E-state index in [1.807, 2.05) is 18.2 Å². The number of carboxylic acids is 1. The molecule has 0 fully saturated rings. The van der Waals surface area contributed by atoms with Crippen LogP contribution < -0.4 is 5.32 Å². The van der Waals surface area contributed by atoms with Crippen molar-refractivity contribution in [3.8, 4) is 11.1 Å². The summed E-state index contributed by atoms with van der Waals surface area (Å²) < 4.78 is 0. The fourth-order valence-electron chi connectivity index (χ4n) is 2.49. The Morgan fingerprint density at radius 3 is 2.42 bits per heavy atom. The molecule has 3 rings (SSSR count). The van der Waals surface area contributed by atoms with Gasteiger partial charge in [0.2, 0.25) is 0 Å². The first-order valence-electron chi connectivity index (χ1n) is 7.71. The van der Waals surface area contributed by atoms with Crippen molar-refractivity contribution in [3.05, 3.63) is 83.6 Å². The molecular formula is C20H18N2O2. The van der Waals surface area contributed by atoms with Crippen molar-refractivity contribution >= 4 is 11.8 Å². The van der Waals surface area contributed by atoms with Crippen LogP contribution in [0.3, 0.4) is 0 Å². The molecule has 24 heavy (non-hydrogen) atoms. The Bertz CT molecular complexity index is 840. The van der Waals surface area contributed by atoms with Crippen LogP contribution in [0.15, 0.2) is 66.9 Å². The fourth-order valence-corrected chi connectivity index (χ4v) is 2.49. The Morgan fingerprint density at radius 1 is 1.04 bits per heavy atom. The normalized spacial score (nSPS) is 10.4. The summed E-state index contributed by atoms with van der Waals surface area (Å²) >= 11 is 0. The van der Waals surface area contributed by atoms with Crippen LogP contribution >= 0.6 is 0 Å². The van der Waals surface area contributed by atoms with Gasteiger partial charge in [-0.15, -0.1) is 0 Å². The van der Waals surface area contributed by atoms with Crippen molar-refractivity contribution in [1.29, 1.82) is 0 Å². The third-order valence-corrected chi connectivity index (χ3v) is 3.78. The van der Waals surface area contributed by atoms with Gasteiger partial charge in [-0.25, -0.2) is 9.78 Å². The Labute approximate surface area is 140 Å². The minimum atomic E-state index is -0.921. The Hall–Kier alpha value is -3.14. The van der Waals surface area contributed by atoms with Gasteiger partial charge in [-0.3, -0.25) is 0 Å². The third-order valence-electron chi connectivity index (χ3n) is 3.78. The number of anilines is 1. The molecule has 0 unspecified atom stereocenters. The number of carbonyl (C=O) groups is 1. The second-order valence-corrected chi connectivity index (χ2v) is 5.66. The van der Waals surface area contributed by atoms with E-state index in [9.17, 15) is 4.79 Å². The summed E-state index contributed by atoms with van der Waals surface area (Å²) in [6, 6.07) is 19.0. The van der Waals surface area contributed by atoms with E-state index in [-0.39, 0.29) is 5.56 Å². The minimum absolute atomic E-state index is 0.281. The van der Waals surface area contributed by atoms with Gasteiger partial charge in [0.15, 0.2) is 0 Å². The van der Waals surface area contributed by atoms with Gasteiger partial charge in [0.1, 0.15) is 5.82 Å². The molecule has 0 radical (unpaired) electrons. The molecule has 0 aliphatic heterocycles. The van der Waals surface area contributed by atoms with Crippen LogP contribution in [-0.4, -0.2) is 16.1 Å². The lowest BCUT2D eigenvalue weighted by atomic mass is 10.1. The van der Waals surface area contributed by atoms with Crippen molar-refractivity contribution in [3.63, 3.8) is 0 Å². The first-order valence-corrected chi connectivity index (χ1v) is 7.71. The van der Waals surface area contributed by atoms with Crippen molar-refractivity contribution < 1.29 is 9.90 Å². The fraction of sp³-hybridized carbons (Fsp3) is 0.100. The van der Waals surface area contributed by atoms with Crippen molar-refractivity contribution in [1.82, 2.24) is 4.98 Å². The monoisotopic (exact) mass is 318 g/mol. The molecule has 4 nitrogen and oxygen atoms in total. The molecule has 1 heterocycles. The maximum atomic E-state index is 10.9. The van der Waals surface area contributed by atoms with Gasteiger partial charge in [0.25, 0.3) is 0 Å². The van der Waals surface area contributed by atoms with Crippen LogP contribution in [0.5, 0.6) is 0 Å². The highest BCUT2D eigenvalue weighted by molar-refractivity contribution is 5.88. The van der Waals surface area contributed by atoms with Crippen LogP contribution in [0.2, 0.25) is 0 Å². The Morgan fingerprint density at radius 2 is 1.79 bits per heavy atom. The Kier molecular flexibility index (Phi) is 4.57. The summed E-state index contributed by atoms with van der Waals surface area (Å²) in [4.78, 5) is 15.3. The molecular weight excluding hydrogens is 300 g/mol. The molecule has 0 aliphatic rings. The second-order valence-electron chi connectivity index (χ2n) is 5.66. The number of aromatic nitrogens is 1. The van der Waals surface area contributed by atoms with Crippen LogP contribution in [0.25, 0.3) is 11.1 Å². The molecule has 0 saturated carbocycles. The summed E-state index contributed by atoms with van der Waals surface area (Å²) in [5.74, 6) is -0.113. The maximum Gasteiger partial charge on any atom is 0.335 e. The SMILES string of the molecule is Cc1cccc(CNc2ccc(-c3ccc(C(=O)O)cc3)cn2)c1. The average molecular weight is 318 g/mol. The Balaban J connectivity index is 1.67. The molecule has 0 aliphatic carbocycles. The molecule has 1 aromatic heterocycles. The predicted molar refractivity (Wildman–Crippen MR) is 95.1 cm³/mol. The number of aryl methyl sites for hydroxylation is 1. The number of pyridine rings is 1. The molecule has 3 aromatic rings. The number of hydrogen-bond acceptors (Lipinski definition) is 3. The zero-order chi connectivity index (χ0) is 16.9. The minimum Gasteiger partial charge on any atom is -0.478 e. The van der Waals surface area contributed by atoms with E-state index >= 15 is 0 Å². The highest BCUT2D eigenvalue weighted by Gasteiger charge is 2.04. The largest absolute Gasteiger partial charge is 0.478 e. The van der Waals surface area contributed by atoms with Gasteiger partial charge in [0.05, 0.1) is 5.56 Å². The lowest BCUT2D eigenvalue weighted by Crippen LogP contribution is -2.01. The summed E-state index contributed by atoms with van der Waals surface area (Å²) in [5, 5.41) is 12.2. The second kappa shape index (κ2) is 6.96. The zero-order valence-corrected chi connectivity index (χ0v) is 13.4. The van der Waals surface area contributed by atoms with Crippen molar-refractivity contribution in [2.75, 3.05) is 5.32 Å². The molecule has 0 amide bonds. The smallest absolute Gasteiger partial charge is 0.335 e. The maximum absolute atomic E-state index is 10.9. The summed E-state index contributed by atoms with van der Waals surface area (Å²) in [6.07, 6.45) is 1.79. The van der Waals surface area contributed by atoms with E-state index in [0.29, 0.717) is 0 Å². The molecule has 4 heteroatoms. The van der Waals surface area contributed by atoms with Gasteiger partial charge in [-0.2, -0.15) is 0 Å². The van der Waals surface area contributed by atoms with Gasteiger partial charge in [-0.05, 0) is 42.3 Å². The van der Waals surface area contributed by atoms with Crippen LogP contribution in [0.4, 0.5) is 5.82 Å². The third kappa shape index (κ3) is 3.79. The number of benzene rings is 2. The summed E-state index contributed by atoms with van der Waals surface area (Å²) in [6.45, 7) is 2.80. The molecule has 0 bridgehead atoms. The topological polar surface area (TPSA) is 62.2 Å². The van der Waals surface area contributed by atoms with E-state index in [4.69, 9.17) is 5.11 Å². The van der Waals surface area contributed by atoms with E-state index < -0.39 is 5.97 Å². The molecule has 0 saturated heterocycles. The van der Waals surface area contributed by atoms with E-state index in [2.05, 4.69) is 35.4 Å². The standard InChI is InChI=1S/C20H18N2O2/c1-14-3-2-4-15(11-14)12-21-19-10-9-18(13-22-19)16-5-7-17(8-6-16)20(23)24/h2-11,13H,12H2,1H3,(H,21,22)(H,23,24). The highest BCUT2D eigenvalue weighted by Crippen LogP contribution is 2.20. The van der Waals surface area contributed by atoms with Crippen LogP contribution in [-0.2, 0) is 6.54 Å². The van der Waals surface area contributed by atoms with Gasteiger partial charge in [-0.1, -0.05) is 42.0 Å². The molecule has 0 spiro atoms. The van der Waals surface area contributed by atoms with Crippen molar-refractivity contribution in [2.24, 2.45) is 0 Å². The molecule has 120 valence electrons. The number of aromatic carboxylic acids is 1. The van der Waals surface area contributed by atoms with Gasteiger partial charge < -0.3 is 10.4 Å². The van der Waals surface area contributed by atoms with Gasteiger partial charge >= 0.3 is 5.97 Å². The highest BCUT2D eigenvalue weighted by atomic mass is 16.4. The summed E-state index contributed by atoms with van der Waals surface area (Å²) in [7, 11) is 0. The number of rotatable bonds is 5. The predicted octanol–water partition coefficient (Wildman–Crippen LogP) is 4.37. The lowest BCUT2D eigenvalue weighted by Gasteiger charge is -2.08. The molecule has 0 atom stereocenters. The number of hydrogen-bond donors (Lipinski definition) is 2. The van der Waals surface area contributed by atoms with Crippen LogP contribution in [0.1, 0.15) is 21.5 Å². The first-order chi connectivity index (χ1) is 11.6. The zero-order valence-electron chi connectivity index (χ0n) is 13.4. The number of carboxylic acid groups (broad SMARTS) is 1. The van der Waals surface area contributed by atoms with Crippen LogP contribution in [0, 0.1) is 6.92 Å². The first kappa shape index (κ1) is 15.7. The van der Waals surface area contributed by atoms with Gasteiger partial charge in [0, 0.05) is 18.3 Å². The number of nitrogens with zero attached hydrogens (tertiary/aromatic N) is 1. The van der Waals surface area contributed by atoms with Crippen molar-refractivity contribution in [2.45, 2.75) is 13.5 Å². The van der Waals surface area contributed by atoms with E-state index in [1.165, 1.54) is 11.1 Å². The lowest BCUT2D eigenvalue weighted by molar-refractivity contribution is 0.0697. The molecule has 2 aromatic carbocycles. The average Bonchev–Trinajstić information content (AvgIpc) is 2.61. The van der Waals surface area contributed by atoms with E-state index in [1.54, 1.807) is 30.5 Å². The quantitative estimate of drug-likeness (QED) is 0.733. The van der Waals surface area contributed by atoms with E-state index in [0.717, 1.165) is 23.5 Å².